The minimum absolute atomic E-state index is 1.04. The first-order valence-electron chi connectivity index (χ1n) is 10.0. The molecule has 2 nitrogen and oxygen atoms in total. The Balaban J connectivity index is 2.74. The van der Waals surface area contributed by atoms with Crippen LogP contribution in [-0.4, -0.2) is 14.2 Å². The molecule has 24 heavy (non-hydrogen) atoms. The fourth-order valence-electron chi connectivity index (χ4n) is 3.39. The van der Waals surface area contributed by atoms with Gasteiger partial charge in [-0.2, -0.15) is 0 Å². The summed E-state index contributed by atoms with van der Waals surface area (Å²) in [5.41, 5.74) is 2.76. The first kappa shape index (κ1) is 20.9. The highest BCUT2D eigenvalue weighted by Crippen LogP contribution is 2.33. The van der Waals surface area contributed by atoms with E-state index in [0.717, 1.165) is 24.3 Å². The van der Waals surface area contributed by atoms with Crippen LogP contribution in [0.5, 0.6) is 11.5 Å². The van der Waals surface area contributed by atoms with Gasteiger partial charge in [0.25, 0.3) is 0 Å². The molecule has 1 aromatic carbocycles. The summed E-state index contributed by atoms with van der Waals surface area (Å²) in [4.78, 5) is 0. The van der Waals surface area contributed by atoms with Crippen LogP contribution in [0.1, 0.15) is 89.2 Å². The van der Waals surface area contributed by atoms with Crippen molar-refractivity contribution in [3.63, 3.8) is 0 Å². The van der Waals surface area contributed by atoms with E-state index in [1.807, 2.05) is 0 Å². The van der Waals surface area contributed by atoms with Gasteiger partial charge in [0.1, 0.15) is 11.5 Å². The molecule has 0 aromatic heterocycles. The molecule has 0 spiro atoms. The highest BCUT2D eigenvalue weighted by atomic mass is 16.5. The largest absolute Gasteiger partial charge is 0.496 e. The van der Waals surface area contributed by atoms with E-state index in [2.05, 4.69) is 26.0 Å². The number of ether oxygens (including phenoxy) is 2. The third-order valence-corrected chi connectivity index (χ3v) is 4.85. The van der Waals surface area contributed by atoms with E-state index >= 15 is 0 Å². The second-order valence-electron chi connectivity index (χ2n) is 6.76. The Hall–Kier alpha value is -1.18. The number of benzene rings is 1. The molecule has 0 aliphatic rings. The van der Waals surface area contributed by atoms with Gasteiger partial charge < -0.3 is 9.47 Å². The lowest BCUT2D eigenvalue weighted by Gasteiger charge is -2.17. The van der Waals surface area contributed by atoms with Gasteiger partial charge >= 0.3 is 0 Å². The summed E-state index contributed by atoms with van der Waals surface area (Å²) in [5.74, 6) is 2.07. The van der Waals surface area contributed by atoms with Gasteiger partial charge in [0.2, 0.25) is 0 Å². The average molecular weight is 335 g/mol. The molecule has 0 N–H and O–H groups in total. The minimum atomic E-state index is 1.04. The smallest absolute Gasteiger partial charge is 0.122 e. The number of hydrogen-bond donors (Lipinski definition) is 0. The maximum Gasteiger partial charge on any atom is 0.122 e. The van der Waals surface area contributed by atoms with E-state index in [4.69, 9.17) is 9.47 Å². The molecule has 1 aromatic rings. The van der Waals surface area contributed by atoms with Crippen LogP contribution in [0, 0.1) is 0 Å². The quantitative estimate of drug-likeness (QED) is 0.351. The van der Waals surface area contributed by atoms with E-state index < -0.39 is 0 Å². The lowest BCUT2D eigenvalue weighted by atomic mass is 9.94. The van der Waals surface area contributed by atoms with Crippen molar-refractivity contribution in [2.24, 2.45) is 0 Å². The predicted molar refractivity (Wildman–Crippen MR) is 104 cm³/mol. The van der Waals surface area contributed by atoms with Crippen molar-refractivity contribution < 1.29 is 9.47 Å². The molecule has 0 bridgehead atoms. The molecule has 0 aliphatic carbocycles. The van der Waals surface area contributed by atoms with Gasteiger partial charge in [-0.1, -0.05) is 65.2 Å². The van der Waals surface area contributed by atoms with Crippen molar-refractivity contribution >= 4 is 0 Å². The fourth-order valence-corrected chi connectivity index (χ4v) is 3.39. The Kier molecular flexibility index (Phi) is 11.4. The molecular formula is C22H38O2. The van der Waals surface area contributed by atoms with Crippen LogP contribution in [0.4, 0.5) is 0 Å². The van der Waals surface area contributed by atoms with Gasteiger partial charge in [0.15, 0.2) is 0 Å². The number of rotatable bonds is 14. The van der Waals surface area contributed by atoms with Crippen LogP contribution in [0.2, 0.25) is 0 Å². The maximum absolute atomic E-state index is 5.65. The first-order chi connectivity index (χ1) is 11.8. The highest BCUT2D eigenvalue weighted by molar-refractivity contribution is 5.49. The molecule has 1 rings (SSSR count). The number of methoxy groups -OCH3 is 2. The third-order valence-electron chi connectivity index (χ3n) is 4.85. The molecule has 0 radical (unpaired) electrons. The van der Waals surface area contributed by atoms with Crippen molar-refractivity contribution in [3.05, 3.63) is 23.3 Å². The van der Waals surface area contributed by atoms with Crippen molar-refractivity contribution in [3.8, 4) is 11.5 Å². The summed E-state index contributed by atoms with van der Waals surface area (Å²) < 4.78 is 11.3. The Morgan fingerprint density at radius 2 is 0.958 bits per heavy atom. The normalized spacial score (nSPS) is 10.8. The lowest BCUT2D eigenvalue weighted by molar-refractivity contribution is 0.392. The van der Waals surface area contributed by atoms with Gasteiger partial charge in [-0.3, -0.25) is 0 Å². The molecule has 0 fully saturated rings. The van der Waals surface area contributed by atoms with Crippen LogP contribution in [0.25, 0.3) is 0 Å². The van der Waals surface area contributed by atoms with E-state index in [1.165, 1.54) is 75.3 Å². The van der Waals surface area contributed by atoms with E-state index in [0.29, 0.717) is 0 Å². The summed E-state index contributed by atoms with van der Waals surface area (Å²) in [6.07, 6.45) is 15.3. The molecule has 0 saturated heterocycles. The zero-order valence-corrected chi connectivity index (χ0v) is 16.5. The van der Waals surface area contributed by atoms with Crippen LogP contribution in [0.15, 0.2) is 12.1 Å². The zero-order valence-electron chi connectivity index (χ0n) is 16.5. The maximum atomic E-state index is 5.65. The standard InChI is InChI=1S/C22H38O2/c1-5-7-9-11-13-15-19-20(16-14-12-10-8-6-2)22(24-4)18-17-21(19)23-3/h17-18H,5-16H2,1-4H3. The van der Waals surface area contributed by atoms with Crippen molar-refractivity contribution in [1.82, 2.24) is 0 Å². The highest BCUT2D eigenvalue weighted by Gasteiger charge is 2.14. The van der Waals surface area contributed by atoms with Crippen LogP contribution in [0.3, 0.4) is 0 Å². The van der Waals surface area contributed by atoms with Gasteiger partial charge in [-0.25, -0.2) is 0 Å². The van der Waals surface area contributed by atoms with E-state index in [9.17, 15) is 0 Å². The zero-order chi connectivity index (χ0) is 17.6. The molecule has 0 amide bonds. The van der Waals surface area contributed by atoms with Crippen LogP contribution < -0.4 is 9.47 Å². The summed E-state index contributed by atoms with van der Waals surface area (Å²) in [7, 11) is 3.57. The van der Waals surface area contributed by atoms with Crippen molar-refractivity contribution in [2.45, 2.75) is 90.9 Å². The predicted octanol–water partition coefficient (Wildman–Crippen LogP) is 6.73. The van der Waals surface area contributed by atoms with Gasteiger partial charge in [-0.05, 0) is 37.8 Å². The molecule has 0 atom stereocenters. The SMILES string of the molecule is CCCCCCCc1c(OC)ccc(OC)c1CCCCCCC. The third kappa shape index (κ3) is 7.15. The lowest BCUT2D eigenvalue weighted by Crippen LogP contribution is -2.03. The molecule has 0 unspecified atom stereocenters. The molecule has 138 valence electrons. The topological polar surface area (TPSA) is 18.5 Å². The number of unbranched alkanes of at least 4 members (excludes halogenated alkanes) is 8. The monoisotopic (exact) mass is 334 g/mol. The summed E-state index contributed by atoms with van der Waals surface area (Å²) in [6.45, 7) is 4.53. The van der Waals surface area contributed by atoms with Crippen molar-refractivity contribution in [1.29, 1.82) is 0 Å². The fraction of sp³-hybridized carbons (Fsp3) is 0.727. The second kappa shape index (κ2) is 13.1. The van der Waals surface area contributed by atoms with Crippen molar-refractivity contribution in [2.75, 3.05) is 14.2 Å². The van der Waals surface area contributed by atoms with E-state index in [1.54, 1.807) is 14.2 Å². The Morgan fingerprint density at radius 3 is 1.29 bits per heavy atom. The van der Waals surface area contributed by atoms with E-state index in [-0.39, 0.29) is 0 Å². The second-order valence-corrected chi connectivity index (χ2v) is 6.76. The minimum Gasteiger partial charge on any atom is -0.496 e. The summed E-state index contributed by atoms with van der Waals surface area (Å²) in [5, 5.41) is 0. The molecule has 2 heteroatoms. The Bertz CT molecular complexity index is 399. The molecule has 0 heterocycles. The summed E-state index contributed by atoms with van der Waals surface area (Å²) >= 11 is 0. The van der Waals surface area contributed by atoms with Crippen LogP contribution in [-0.2, 0) is 12.8 Å². The van der Waals surface area contributed by atoms with Gasteiger partial charge in [0.05, 0.1) is 14.2 Å². The van der Waals surface area contributed by atoms with Gasteiger partial charge in [0, 0.05) is 11.1 Å². The molecule has 0 saturated carbocycles. The molecular weight excluding hydrogens is 296 g/mol. The Morgan fingerprint density at radius 1 is 0.583 bits per heavy atom. The average Bonchev–Trinajstić information content (AvgIpc) is 2.61. The molecule has 0 aliphatic heterocycles. The summed E-state index contributed by atoms with van der Waals surface area (Å²) in [6, 6.07) is 4.14. The Labute approximate surface area is 149 Å². The number of hydrogen-bond acceptors (Lipinski definition) is 2. The van der Waals surface area contributed by atoms with Gasteiger partial charge in [-0.15, -0.1) is 0 Å². The van der Waals surface area contributed by atoms with Crippen LogP contribution >= 0.6 is 0 Å². The first-order valence-corrected chi connectivity index (χ1v) is 10.0.